The highest BCUT2D eigenvalue weighted by molar-refractivity contribution is 5.88. The van der Waals surface area contributed by atoms with Gasteiger partial charge in [0.25, 0.3) is 0 Å². The molecular weight excluding hydrogens is 254 g/mol. The third-order valence-corrected chi connectivity index (χ3v) is 4.60. The number of hydrogen-bond acceptors (Lipinski definition) is 3. The lowest BCUT2D eigenvalue weighted by Gasteiger charge is -2.30. The third kappa shape index (κ3) is 2.97. The monoisotopic (exact) mass is 281 g/mol. The van der Waals surface area contributed by atoms with Crippen molar-refractivity contribution in [2.24, 2.45) is 11.7 Å². The minimum atomic E-state index is -0.229. The number of carbonyl (C=O) groups excluding carboxylic acids is 2. The highest BCUT2D eigenvalue weighted by Crippen LogP contribution is 2.27. The Labute approximate surface area is 121 Å². The molecule has 0 aromatic rings. The highest BCUT2D eigenvalue weighted by Gasteiger charge is 2.40. The smallest absolute Gasteiger partial charge is 0.245 e. The maximum Gasteiger partial charge on any atom is 0.245 e. The molecule has 114 valence electrons. The van der Waals surface area contributed by atoms with Gasteiger partial charge >= 0.3 is 0 Å². The SMILES string of the molecule is CCCC(=O)N1CCCC1C(=O)N1CC(CN)CC1C. The number of likely N-dealkylation sites (tertiary alicyclic amines) is 2. The van der Waals surface area contributed by atoms with Crippen LogP contribution in [0.1, 0.15) is 46.0 Å². The summed E-state index contributed by atoms with van der Waals surface area (Å²) in [6, 6.07) is 0.0211. The maximum absolute atomic E-state index is 12.7. The summed E-state index contributed by atoms with van der Waals surface area (Å²) in [5.41, 5.74) is 5.72. The number of hydrogen-bond donors (Lipinski definition) is 1. The van der Waals surface area contributed by atoms with Gasteiger partial charge in [-0.15, -0.1) is 0 Å². The minimum Gasteiger partial charge on any atom is -0.338 e. The number of rotatable bonds is 4. The number of nitrogens with zero attached hydrogens (tertiary/aromatic N) is 2. The van der Waals surface area contributed by atoms with Crippen molar-refractivity contribution >= 4 is 11.8 Å². The van der Waals surface area contributed by atoms with E-state index in [0.717, 1.165) is 38.8 Å². The van der Waals surface area contributed by atoms with Crippen molar-refractivity contribution in [2.75, 3.05) is 19.6 Å². The van der Waals surface area contributed by atoms with Crippen LogP contribution in [0.2, 0.25) is 0 Å². The first-order valence-corrected chi connectivity index (χ1v) is 7.88. The zero-order valence-electron chi connectivity index (χ0n) is 12.7. The number of amides is 2. The molecule has 2 amide bonds. The van der Waals surface area contributed by atoms with Crippen LogP contribution in [0.3, 0.4) is 0 Å². The summed E-state index contributed by atoms with van der Waals surface area (Å²) in [5.74, 6) is 0.677. The molecule has 0 spiro atoms. The topological polar surface area (TPSA) is 66.6 Å². The normalized spacial score (nSPS) is 30.1. The number of carbonyl (C=O) groups is 2. The average molecular weight is 281 g/mol. The molecule has 3 unspecified atom stereocenters. The van der Waals surface area contributed by atoms with Crippen molar-refractivity contribution in [1.82, 2.24) is 9.80 Å². The molecular formula is C15H27N3O2. The molecule has 2 aliphatic heterocycles. The van der Waals surface area contributed by atoms with Gasteiger partial charge in [-0.3, -0.25) is 9.59 Å². The van der Waals surface area contributed by atoms with Crippen LogP contribution in [0.5, 0.6) is 0 Å². The molecule has 2 fully saturated rings. The predicted octanol–water partition coefficient (Wildman–Crippen LogP) is 0.973. The Hall–Kier alpha value is -1.10. The molecule has 2 rings (SSSR count). The molecule has 0 saturated carbocycles. The van der Waals surface area contributed by atoms with Gasteiger partial charge in [0.1, 0.15) is 6.04 Å². The van der Waals surface area contributed by atoms with E-state index in [2.05, 4.69) is 6.92 Å². The standard InChI is InChI=1S/C15H27N3O2/c1-3-5-14(19)17-7-4-6-13(17)15(20)18-10-12(9-16)8-11(18)2/h11-13H,3-10,16H2,1-2H3. The van der Waals surface area contributed by atoms with Crippen LogP contribution in [0, 0.1) is 5.92 Å². The second-order valence-electron chi connectivity index (χ2n) is 6.17. The predicted molar refractivity (Wildman–Crippen MR) is 78.0 cm³/mol. The van der Waals surface area contributed by atoms with Gasteiger partial charge in [-0.2, -0.15) is 0 Å². The summed E-state index contributed by atoms with van der Waals surface area (Å²) < 4.78 is 0. The zero-order chi connectivity index (χ0) is 14.7. The van der Waals surface area contributed by atoms with E-state index in [1.807, 2.05) is 11.8 Å². The molecule has 0 aromatic carbocycles. The van der Waals surface area contributed by atoms with E-state index in [0.29, 0.717) is 18.9 Å². The molecule has 5 heteroatoms. The van der Waals surface area contributed by atoms with Crippen molar-refractivity contribution in [2.45, 2.75) is 58.0 Å². The van der Waals surface area contributed by atoms with Crippen LogP contribution in [-0.4, -0.2) is 53.3 Å². The molecule has 2 heterocycles. The Kier molecular flexibility index (Phi) is 5.02. The Bertz CT molecular complexity index is 372. The summed E-state index contributed by atoms with van der Waals surface area (Å²) in [4.78, 5) is 28.6. The molecule has 5 nitrogen and oxygen atoms in total. The third-order valence-electron chi connectivity index (χ3n) is 4.60. The molecule has 3 atom stereocenters. The van der Waals surface area contributed by atoms with E-state index in [1.54, 1.807) is 4.90 Å². The quantitative estimate of drug-likeness (QED) is 0.835. The fraction of sp³-hybridized carbons (Fsp3) is 0.867. The molecule has 0 bridgehead atoms. The van der Waals surface area contributed by atoms with Gasteiger partial charge in [0.05, 0.1) is 0 Å². The Morgan fingerprint density at radius 2 is 2.05 bits per heavy atom. The second kappa shape index (κ2) is 6.57. The Morgan fingerprint density at radius 3 is 2.65 bits per heavy atom. The van der Waals surface area contributed by atoms with Crippen LogP contribution in [-0.2, 0) is 9.59 Å². The van der Waals surface area contributed by atoms with Gasteiger partial charge in [-0.25, -0.2) is 0 Å². The molecule has 2 aliphatic rings. The second-order valence-corrected chi connectivity index (χ2v) is 6.17. The van der Waals surface area contributed by atoms with E-state index in [4.69, 9.17) is 5.73 Å². The van der Waals surface area contributed by atoms with Gasteiger partial charge in [0, 0.05) is 25.6 Å². The minimum absolute atomic E-state index is 0.130. The van der Waals surface area contributed by atoms with Crippen molar-refractivity contribution in [3.8, 4) is 0 Å². The summed E-state index contributed by atoms with van der Waals surface area (Å²) in [7, 11) is 0. The largest absolute Gasteiger partial charge is 0.338 e. The fourth-order valence-electron chi connectivity index (χ4n) is 3.49. The van der Waals surface area contributed by atoms with Crippen LogP contribution in [0.25, 0.3) is 0 Å². The summed E-state index contributed by atoms with van der Waals surface area (Å²) in [6.45, 7) is 6.21. The van der Waals surface area contributed by atoms with Crippen LogP contribution >= 0.6 is 0 Å². The fourth-order valence-corrected chi connectivity index (χ4v) is 3.49. The maximum atomic E-state index is 12.7. The van der Waals surface area contributed by atoms with E-state index in [-0.39, 0.29) is 23.9 Å². The highest BCUT2D eigenvalue weighted by atomic mass is 16.2. The lowest BCUT2D eigenvalue weighted by molar-refractivity contribution is -0.144. The lowest BCUT2D eigenvalue weighted by atomic mass is 10.1. The summed E-state index contributed by atoms with van der Waals surface area (Å²) in [5, 5.41) is 0. The first kappa shape index (κ1) is 15.3. The van der Waals surface area contributed by atoms with Crippen LogP contribution < -0.4 is 5.73 Å². The van der Waals surface area contributed by atoms with Crippen molar-refractivity contribution < 1.29 is 9.59 Å². The van der Waals surface area contributed by atoms with Crippen molar-refractivity contribution in [3.05, 3.63) is 0 Å². The van der Waals surface area contributed by atoms with E-state index < -0.39 is 0 Å². The van der Waals surface area contributed by atoms with Crippen LogP contribution in [0.4, 0.5) is 0 Å². The molecule has 2 saturated heterocycles. The molecule has 2 N–H and O–H groups in total. The first-order chi connectivity index (χ1) is 9.58. The molecule has 0 radical (unpaired) electrons. The Morgan fingerprint density at radius 1 is 1.30 bits per heavy atom. The Balaban J connectivity index is 2.02. The van der Waals surface area contributed by atoms with Gasteiger partial charge in [0.2, 0.25) is 11.8 Å². The van der Waals surface area contributed by atoms with Crippen molar-refractivity contribution in [3.63, 3.8) is 0 Å². The summed E-state index contributed by atoms with van der Waals surface area (Å²) >= 11 is 0. The zero-order valence-corrected chi connectivity index (χ0v) is 12.7. The van der Waals surface area contributed by atoms with Crippen LogP contribution in [0.15, 0.2) is 0 Å². The van der Waals surface area contributed by atoms with Gasteiger partial charge in [-0.05, 0) is 45.1 Å². The lowest BCUT2D eigenvalue weighted by Crippen LogP contribution is -2.48. The van der Waals surface area contributed by atoms with E-state index >= 15 is 0 Å². The first-order valence-electron chi connectivity index (χ1n) is 7.88. The average Bonchev–Trinajstić information content (AvgIpc) is 3.04. The van der Waals surface area contributed by atoms with E-state index in [1.165, 1.54) is 0 Å². The summed E-state index contributed by atoms with van der Waals surface area (Å²) in [6.07, 6.45) is 4.12. The molecule has 0 aromatic heterocycles. The van der Waals surface area contributed by atoms with E-state index in [9.17, 15) is 9.59 Å². The molecule has 20 heavy (non-hydrogen) atoms. The van der Waals surface area contributed by atoms with Crippen molar-refractivity contribution in [1.29, 1.82) is 0 Å². The van der Waals surface area contributed by atoms with Gasteiger partial charge in [0.15, 0.2) is 0 Å². The van der Waals surface area contributed by atoms with Gasteiger partial charge in [-0.1, -0.05) is 6.92 Å². The molecule has 0 aliphatic carbocycles. The number of nitrogens with two attached hydrogens (primary N) is 1. The van der Waals surface area contributed by atoms with Gasteiger partial charge < -0.3 is 15.5 Å².